The van der Waals surface area contributed by atoms with E-state index in [1.165, 1.54) is 0 Å². The van der Waals surface area contributed by atoms with Crippen molar-refractivity contribution in [2.24, 2.45) is 5.92 Å². The number of carbonyl (C=O) groups is 1. The van der Waals surface area contributed by atoms with Gasteiger partial charge >= 0.3 is 5.97 Å². The molecule has 0 aliphatic rings. The molecule has 0 amide bonds. The molecule has 36 heavy (non-hydrogen) atoms. The van der Waals surface area contributed by atoms with Crippen LogP contribution < -0.4 is 10.3 Å². The third kappa shape index (κ3) is 5.68. The Morgan fingerprint density at radius 2 is 1.53 bits per heavy atom. The van der Waals surface area contributed by atoms with Crippen LogP contribution in [-0.2, 0) is 17.9 Å². The van der Waals surface area contributed by atoms with Gasteiger partial charge in [-0.15, -0.1) is 0 Å². The highest BCUT2D eigenvalue weighted by atomic mass is 16.6. The van der Waals surface area contributed by atoms with E-state index in [4.69, 9.17) is 9.47 Å². The van der Waals surface area contributed by atoms with Crippen LogP contribution in [-0.4, -0.2) is 16.1 Å². The number of nitrogens with zero attached hydrogens (tertiary/aromatic N) is 1. The van der Waals surface area contributed by atoms with E-state index >= 15 is 0 Å². The lowest BCUT2D eigenvalue weighted by Crippen LogP contribution is -2.33. The minimum Gasteiger partial charge on any atom is -0.489 e. The van der Waals surface area contributed by atoms with Crippen LogP contribution in [0.1, 0.15) is 50.7 Å². The van der Waals surface area contributed by atoms with Gasteiger partial charge in [0.25, 0.3) is 5.56 Å². The predicted molar refractivity (Wildman–Crippen MR) is 144 cm³/mol. The summed E-state index contributed by atoms with van der Waals surface area (Å²) >= 11 is 0. The van der Waals surface area contributed by atoms with Gasteiger partial charge in [-0.2, -0.15) is 0 Å². The SMILES string of the molecule is CC(C)Cn1c(C(=O)OC(C)(C)C)c(-c2ccccc2)c2cc(OCc3ccccc3)ccc2c1=O. The van der Waals surface area contributed by atoms with Crippen molar-refractivity contribution in [2.75, 3.05) is 0 Å². The zero-order valence-electron chi connectivity index (χ0n) is 21.6. The molecule has 186 valence electrons. The highest BCUT2D eigenvalue weighted by Crippen LogP contribution is 2.34. The second kappa shape index (κ2) is 10.4. The number of hydrogen-bond donors (Lipinski definition) is 0. The van der Waals surface area contributed by atoms with E-state index in [-0.39, 0.29) is 17.2 Å². The Morgan fingerprint density at radius 1 is 0.889 bits per heavy atom. The lowest BCUT2D eigenvalue weighted by molar-refractivity contribution is 0.00567. The van der Waals surface area contributed by atoms with Gasteiger partial charge in [0.15, 0.2) is 0 Å². The molecule has 0 aliphatic carbocycles. The Labute approximate surface area is 212 Å². The summed E-state index contributed by atoms with van der Waals surface area (Å²) in [4.78, 5) is 27.4. The van der Waals surface area contributed by atoms with Gasteiger partial charge in [-0.1, -0.05) is 74.5 Å². The summed E-state index contributed by atoms with van der Waals surface area (Å²) in [6.07, 6.45) is 0. The number of pyridine rings is 1. The highest BCUT2D eigenvalue weighted by Gasteiger charge is 2.28. The van der Waals surface area contributed by atoms with Crippen LogP contribution in [0.2, 0.25) is 0 Å². The summed E-state index contributed by atoms with van der Waals surface area (Å²) < 4.78 is 13.5. The first-order chi connectivity index (χ1) is 17.1. The van der Waals surface area contributed by atoms with Gasteiger partial charge in [0.05, 0.1) is 0 Å². The number of aromatic nitrogens is 1. The molecular formula is C31H33NO4. The minimum atomic E-state index is -0.709. The van der Waals surface area contributed by atoms with E-state index in [1.807, 2.05) is 107 Å². The van der Waals surface area contributed by atoms with Crippen LogP contribution in [0, 0.1) is 5.92 Å². The molecule has 0 fully saturated rings. The maximum absolute atomic E-state index is 13.7. The predicted octanol–water partition coefficient (Wildman–Crippen LogP) is 6.86. The summed E-state index contributed by atoms with van der Waals surface area (Å²) in [6, 6.07) is 25.0. The normalized spacial score (nSPS) is 11.6. The zero-order chi connectivity index (χ0) is 25.9. The van der Waals surface area contributed by atoms with Crippen LogP contribution in [0.25, 0.3) is 21.9 Å². The molecule has 0 aliphatic heterocycles. The number of rotatable bonds is 7. The second-order valence-electron chi connectivity index (χ2n) is 10.4. The molecule has 0 spiro atoms. The van der Waals surface area contributed by atoms with E-state index in [9.17, 15) is 9.59 Å². The molecule has 0 N–H and O–H groups in total. The average molecular weight is 484 g/mol. The summed E-state index contributed by atoms with van der Waals surface area (Å²) in [7, 11) is 0. The van der Waals surface area contributed by atoms with Crippen molar-refractivity contribution >= 4 is 16.7 Å². The quantitative estimate of drug-likeness (QED) is 0.270. The smallest absolute Gasteiger partial charge is 0.356 e. The van der Waals surface area contributed by atoms with Crippen molar-refractivity contribution in [3.05, 3.63) is 100 Å². The number of esters is 1. The number of ether oxygens (including phenoxy) is 2. The van der Waals surface area contributed by atoms with Gasteiger partial charge in [-0.05, 0) is 56.0 Å². The van der Waals surface area contributed by atoms with Crippen molar-refractivity contribution in [3.63, 3.8) is 0 Å². The average Bonchev–Trinajstić information content (AvgIpc) is 2.84. The van der Waals surface area contributed by atoms with Gasteiger partial charge in [-0.25, -0.2) is 4.79 Å². The van der Waals surface area contributed by atoms with Crippen molar-refractivity contribution in [2.45, 2.75) is 53.4 Å². The van der Waals surface area contributed by atoms with Crippen LogP contribution in [0.4, 0.5) is 0 Å². The Kier molecular flexibility index (Phi) is 7.30. The lowest BCUT2D eigenvalue weighted by Gasteiger charge is -2.24. The van der Waals surface area contributed by atoms with E-state index in [0.717, 1.165) is 11.1 Å². The van der Waals surface area contributed by atoms with Crippen molar-refractivity contribution in [3.8, 4) is 16.9 Å². The molecule has 1 aromatic heterocycles. The summed E-state index contributed by atoms with van der Waals surface area (Å²) in [5.74, 6) is 0.259. The molecule has 0 radical (unpaired) electrons. The molecule has 1 heterocycles. The monoisotopic (exact) mass is 483 g/mol. The van der Waals surface area contributed by atoms with Crippen LogP contribution in [0.3, 0.4) is 0 Å². The van der Waals surface area contributed by atoms with E-state index < -0.39 is 11.6 Å². The number of carbonyl (C=O) groups excluding carboxylic acids is 1. The Balaban J connectivity index is 1.97. The van der Waals surface area contributed by atoms with Gasteiger partial charge < -0.3 is 14.0 Å². The van der Waals surface area contributed by atoms with Crippen LogP contribution >= 0.6 is 0 Å². The molecule has 4 aromatic rings. The topological polar surface area (TPSA) is 57.5 Å². The third-order valence-electron chi connectivity index (χ3n) is 5.69. The summed E-state index contributed by atoms with van der Waals surface area (Å²) in [6.45, 7) is 10.3. The first-order valence-electron chi connectivity index (χ1n) is 12.3. The summed E-state index contributed by atoms with van der Waals surface area (Å²) in [5.41, 5.74) is 1.89. The molecule has 5 nitrogen and oxygen atoms in total. The second-order valence-corrected chi connectivity index (χ2v) is 10.4. The van der Waals surface area contributed by atoms with Crippen molar-refractivity contribution in [1.82, 2.24) is 4.57 Å². The fourth-order valence-electron chi connectivity index (χ4n) is 4.23. The van der Waals surface area contributed by atoms with E-state index in [1.54, 1.807) is 10.6 Å². The molecule has 0 bridgehead atoms. The zero-order valence-corrected chi connectivity index (χ0v) is 21.6. The van der Waals surface area contributed by atoms with E-state index in [0.29, 0.717) is 35.2 Å². The fraction of sp³-hybridized carbons (Fsp3) is 0.290. The molecular weight excluding hydrogens is 450 g/mol. The standard InChI is InChI=1S/C31H33NO4/c1-21(2)19-32-28(30(34)36-31(3,4)5)27(23-14-10-7-11-15-23)26-18-24(16-17-25(26)29(32)33)35-20-22-12-8-6-9-13-22/h6-18,21H,19-20H2,1-5H3. The highest BCUT2D eigenvalue weighted by molar-refractivity contribution is 6.07. The van der Waals surface area contributed by atoms with Gasteiger partial charge in [0.2, 0.25) is 0 Å². The maximum atomic E-state index is 13.7. The molecule has 4 rings (SSSR count). The molecule has 0 saturated heterocycles. The van der Waals surface area contributed by atoms with Gasteiger partial charge in [0, 0.05) is 22.9 Å². The van der Waals surface area contributed by atoms with Gasteiger partial charge in [0.1, 0.15) is 23.7 Å². The third-order valence-corrected chi connectivity index (χ3v) is 5.69. The molecule has 0 atom stereocenters. The Hall–Kier alpha value is -3.86. The Bertz CT molecular complexity index is 1410. The van der Waals surface area contributed by atoms with Gasteiger partial charge in [-0.3, -0.25) is 4.79 Å². The number of fused-ring (bicyclic) bond motifs is 1. The largest absolute Gasteiger partial charge is 0.489 e. The van der Waals surface area contributed by atoms with E-state index in [2.05, 4.69) is 0 Å². The molecule has 3 aromatic carbocycles. The molecule has 5 heteroatoms. The van der Waals surface area contributed by atoms with Crippen LogP contribution in [0.5, 0.6) is 5.75 Å². The first-order valence-corrected chi connectivity index (χ1v) is 12.3. The summed E-state index contributed by atoms with van der Waals surface area (Å²) in [5, 5.41) is 1.20. The minimum absolute atomic E-state index is 0.151. The maximum Gasteiger partial charge on any atom is 0.356 e. The number of benzene rings is 3. The Morgan fingerprint density at radius 3 is 2.14 bits per heavy atom. The van der Waals surface area contributed by atoms with Crippen LogP contribution in [0.15, 0.2) is 83.7 Å². The number of hydrogen-bond acceptors (Lipinski definition) is 4. The molecule has 0 unspecified atom stereocenters. The fourth-order valence-corrected chi connectivity index (χ4v) is 4.23. The van der Waals surface area contributed by atoms with Crippen molar-refractivity contribution < 1.29 is 14.3 Å². The lowest BCUT2D eigenvalue weighted by atomic mass is 9.96. The van der Waals surface area contributed by atoms with Crippen molar-refractivity contribution in [1.29, 1.82) is 0 Å². The molecule has 0 saturated carbocycles. The first kappa shape index (κ1) is 25.2.